The molecule has 0 unspecified atom stereocenters. The maximum absolute atomic E-state index is 12.5. The van der Waals surface area contributed by atoms with Crippen molar-refractivity contribution in [2.24, 2.45) is 0 Å². The first-order valence-electron chi connectivity index (χ1n) is 4.39. The van der Waals surface area contributed by atoms with E-state index in [0.29, 0.717) is 6.07 Å². The Kier molecular flexibility index (Phi) is 4.46. The number of nitrogens with zero attached hydrogens (tertiary/aromatic N) is 1. The van der Waals surface area contributed by atoms with E-state index in [9.17, 15) is 26.7 Å². The van der Waals surface area contributed by atoms with Gasteiger partial charge in [0.15, 0.2) is 0 Å². The largest absolute Gasteiger partial charge is 0.481 e. The number of carboxylic acid groups (broad SMARTS) is 1. The first-order chi connectivity index (χ1) is 8.12. The number of aliphatic carboxylic acids is 1. The van der Waals surface area contributed by atoms with E-state index in [4.69, 9.17) is 5.11 Å². The summed E-state index contributed by atoms with van der Waals surface area (Å²) in [7, 11) is 0. The molecule has 1 rings (SSSR count). The predicted molar refractivity (Wildman–Crippen MR) is 58.3 cm³/mol. The summed E-state index contributed by atoms with van der Waals surface area (Å²) in [5.41, 5.74) is -3.24. The highest BCUT2D eigenvalue weighted by Gasteiger charge is 2.37. The number of hydrogen-bond acceptors (Lipinski definition) is 2. The lowest BCUT2D eigenvalue weighted by molar-refractivity contribution is -0.140. The Labute approximate surface area is 111 Å². The topological polar surface area (TPSA) is 50.2 Å². The maximum atomic E-state index is 12.5. The zero-order valence-corrected chi connectivity index (χ0v) is 10.6. The van der Waals surface area contributed by atoms with Crippen LogP contribution in [0.25, 0.3) is 0 Å². The van der Waals surface area contributed by atoms with Crippen LogP contribution in [0.4, 0.5) is 22.0 Å². The van der Waals surface area contributed by atoms with Crippen molar-refractivity contribution in [3.63, 3.8) is 0 Å². The minimum atomic E-state index is -5.00. The third-order valence-electron chi connectivity index (χ3n) is 1.93. The standard InChI is InChI=1S/C9H5F5INO2/c10-7(11)6-4(9(12,13)14)1-3(2-5(17)18)8(15)16-6/h1,7H,2H2,(H,17,18). The third-order valence-corrected chi connectivity index (χ3v) is 2.87. The highest BCUT2D eigenvalue weighted by atomic mass is 127. The molecule has 9 heteroatoms. The van der Waals surface area contributed by atoms with Crippen molar-refractivity contribution in [3.8, 4) is 0 Å². The molecule has 3 nitrogen and oxygen atoms in total. The van der Waals surface area contributed by atoms with Crippen molar-refractivity contribution in [2.45, 2.75) is 19.0 Å². The number of rotatable bonds is 3. The lowest BCUT2D eigenvalue weighted by atomic mass is 10.1. The van der Waals surface area contributed by atoms with Gasteiger partial charge in [0.25, 0.3) is 6.43 Å². The Morgan fingerprint density at radius 3 is 2.39 bits per heavy atom. The Bertz CT molecular complexity index is 475. The first kappa shape index (κ1) is 15.1. The highest BCUT2D eigenvalue weighted by molar-refractivity contribution is 14.1. The molecule has 0 atom stereocenters. The molecular weight excluding hydrogens is 376 g/mol. The summed E-state index contributed by atoms with van der Waals surface area (Å²) in [6.45, 7) is 0. The molecule has 0 saturated carbocycles. The average Bonchev–Trinajstić information content (AvgIpc) is 2.17. The van der Waals surface area contributed by atoms with E-state index in [1.54, 1.807) is 0 Å². The average molecular weight is 381 g/mol. The van der Waals surface area contributed by atoms with Crippen molar-refractivity contribution in [1.82, 2.24) is 4.98 Å². The molecule has 0 aliphatic heterocycles. The number of pyridine rings is 1. The van der Waals surface area contributed by atoms with Crippen LogP contribution < -0.4 is 0 Å². The van der Waals surface area contributed by atoms with Crippen LogP contribution >= 0.6 is 22.6 Å². The molecule has 0 aliphatic carbocycles. The highest BCUT2D eigenvalue weighted by Crippen LogP contribution is 2.36. The minimum absolute atomic E-state index is 0.182. The molecule has 1 heterocycles. The van der Waals surface area contributed by atoms with E-state index in [2.05, 4.69) is 4.98 Å². The zero-order chi connectivity index (χ0) is 14.1. The fourth-order valence-electron chi connectivity index (χ4n) is 1.23. The summed E-state index contributed by atoms with van der Waals surface area (Å²) >= 11 is 1.42. The predicted octanol–water partition coefficient (Wildman–Crippen LogP) is 3.27. The van der Waals surface area contributed by atoms with Crippen molar-refractivity contribution in [1.29, 1.82) is 0 Å². The molecule has 0 aliphatic rings. The second-order valence-electron chi connectivity index (χ2n) is 3.24. The van der Waals surface area contributed by atoms with Gasteiger partial charge in [0.2, 0.25) is 0 Å². The maximum Gasteiger partial charge on any atom is 0.418 e. The summed E-state index contributed by atoms with van der Waals surface area (Å²) in [6, 6.07) is 0.407. The quantitative estimate of drug-likeness (QED) is 0.497. The molecule has 0 aromatic carbocycles. The fourth-order valence-corrected chi connectivity index (χ4v) is 1.83. The van der Waals surface area contributed by atoms with Crippen molar-refractivity contribution in [3.05, 3.63) is 26.6 Å². The SMILES string of the molecule is O=C(O)Cc1cc(C(F)(F)F)c(C(F)F)nc1I. The van der Waals surface area contributed by atoms with Crippen LogP contribution in [0.15, 0.2) is 6.07 Å². The van der Waals surface area contributed by atoms with E-state index in [0.717, 1.165) is 0 Å². The van der Waals surface area contributed by atoms with E-state index in [1.807, 2.05) is 0 Å². The molecule has 0 bridgehead atoms. The van der Waals surface area contributed by atoms with Crippen LogP contribution in [0.3, 0.4) is 0 Å². The molecule has 0 amide bonds. The summed E-state index contributed by atoms with van der Waals surface area (Å²) in [6.07, 6.45) is -9.09. The number of carbonyl (C=O) groups is 1. The zero-order valence-electron chi connectivity index (χ0n) is 8.43. The minimum Gasteiger partial charge on any atom is -0.481 e. The number of hydrogen-bond donors (Lipinski definition) is 1. The van der Waals surface area contributed by atoms with E-state index < -0.39 is 36.2 Å². The van der Waals surface area contributed by atoms with Gasteiger partial charge in [0.1, 0.15) is 9.39 Å². The van der Waals surface area contributed by atoms with Gasteiger partial charge >= 0.3 is 12.1 Å². The summed E-state index contributed by atoms with van der Waals surface area (Å²) in [5, 5.41) is 8.50. The van der Waals surface area contributed by atoms with E-state index >= 15 is 0 Å². The van der Waals surface area contributed by atoms with Gasteiger partial charge in [-0.2, -0.15) is 13.2 Å². The van der Waals surface area contributed by atoms with Crippen molar-refractivity contribution in [2.75, 3.05) is 0 Å². The van der Waals surface area contributed by atoms with E-state index in [-0.39, 0.29) is 9.26 Å². The molecular formula is C9H5F5INO2. The molecule has 1 N–H and O–H groups in total. The summed E-state index contributed by atoms with van der Waals surface area (Å²) in [5.74, 6) is -1.37. The fraction of sp³-hybridized carbons (Fsp3) is 0.333. The molecule has 100 valence electrons. The van der Waals surface area contributed by atoms with Gasteiger partial charge in [-0.1, -0.05) is 0 Å². The van der Waals surface area contributed by atoms with Gasteiger partial charge in [-0.25, -0.2) is 13.8 Å². The van der Waals surface area contributed by atoms with E-state index in [1.165, 1.54) is 22.6 Å². The Hall–Kier alpha value is -1.00. The molecule has 1 aromatic rings. The van der Waals surface area contributed by atoms with Gasteiger partial charge in [0, 0.05) is 0 Å². The Morgan fingerprint density at radius 2 is 2.00 bits per heavy atom. The van der Waals surface area contributed by atoms with Crippen molar-refractivity contribution >= 4 is 28.6 Å². The third kappa shape index (κ3) is 3.50. The normalized spacial score (nSPS) is 11.9. The van der Waals surface area contributed by atoms with Gasteiger partial charge in [-0.05, 0) is 34.2 Å². The lowest BCUT2D eigenvalue weighted by Gasteiger charge is -2.14. The molecule has 0 spiro atoms. The Balaban J connectivity index is 3.40. The first-order valence-corrected chi connectivity index (χ1v) is 5.47. The van der Waals surface area contributed by atoms with Crippen LogP contribution in [0.5, 0.6) is 0 Å². The van der Waals surface area contributed by atoms with Gasteiger partial charge < -0.3 is 5.11 Å². The van der Waals surface area contributed by atoms with Gasteiger partial charge in [-0.3, -0.25) is 4.79 Å². The monoisotopic (exact) mass is 381 g/mol. The van der Waals surface area contributed by atoms with Crippen LogP contribution in [-0.2, 0) is 17.4 Å². The second-order valence-corrected chi connectivity index (χ2v) is 4.26. The molecule has 18 heavy (non-hydrogen) atoms. The smallest absolute Gasteiger partial charge is 0.418 e. The van der Waals surface area contributed by atoms with Crippen LogP contribution in [0.2, 0.25) is 0 Å². The molecule has 0 radical (unpaired) electrons. The van der Waals surface area contributed by atoms with Crippen LogP contribution in [-0.4, -0.2) is 16.1 Å². The number of halogens is 6. The molecule has 0 fully saturated rings. The number of alkyl halides is 5. The Morgan fingerprint density at radius 1 is 1.44 bits per heavy atom. The second kappa shape index (κ2) is 5.33. The van der Waals surface area contributed by atoms with Crippen LogP contribution in [0, 0.1) is 3.70 Å². The molecule has 0 saturated heterocycles. The summed E-state index contributed by atoms with van der Waals surface area (Å²) in [4.78, 5) is 13.6. The summed E-state index contributed by atoms with van der Waals surface area (Å²) < 4.78 is 62.3. The number of aromatic nitrogens is 1. The lowest BCUT2D eigenvalue weighted by Crippen LogP contribution is -2.15. The van der Waals surface area contributed by atoms with Crippen LogP contribution in [0.1, 0.15) is 23.2 Å². The molecule has 1 aromatic heterocycles. The van der Waals surface area contributed by atoms with Crippen molar-refractivity contribution < 1.29 is 31.9 Å². The van der Waals surface area contributed by atoms with Gasteiger partial charge in [-0.15, -0.1) is 0 Å². The number of carboxylic acids is 1. The van der Waals surface area contributed by atoms with Gasteiger partial charge in [0.05, 0.1) is 12.0 Å².